The summed E-state index contributed by atoms with van der Waals surface area (Å²) in [4.78, 5) is 5.57. The number of halogens is 3. The Morgan fingerprint density at radius 1 is 1.09 bits per heavy atom. The molecule has 1 atom stereocenters. The molecule has 3 heterocycles. The number of aromatic nitrogens is 5. The molecule has 1 N–H and O–H groups in total. The van der Waals surface area contributed by atoms with E-state index in [1.807, 2.05) is 37.4 Å². The number of hydrogen-bond acceptors (Lipinski definition) is 4. The highest BCUT2D eigenvalue weighted by molar-refractivity contribution is 5.75. The van der Waals surface area contributed by atoms with Gasteiger partial charge >= 0.3 is 6.18 Å². The topological polar surface area (TPSA) is 62.1 Å². The van der Waals surface area contributed by atoms with Gasteiger partial charge in [0.05, 0.1) is 17.9 Å². The van der Waals surface area contributed by atoms with Gasteiger partial charge in [0.1, 0.15) is 6.33 Å². The maximum Gasteiger partial charge on any atom is 0.401 e. The molecule has 0 saturated carbocycles. The highest BCUT2D eigenvalue weighted by atomic mass is 19.4. The first-order valence-corrected chi connectivity index (χ1v) is 10.8. The van der Waals surface area contributed by atoms with E-state index >= 15 is 0 Å². The third-order valence-corrected chi connectivity index (χ3v) is 5.99. The Bertz CT molecular complexity index is 1250. The zero-order valence-electron chi connectivity index (χ0n) is 19.3. The molecule has 0 bridgehead atoms. The van der Waals surface area contributed by atoms with Gasteiger partial charge < -0.3 is 0 Å². The monoisotopic (exact) mass is 456 g/mol. The Morgan fingerprint density at radius 3 is 2.42 bits per heavy atom. The van der Waals surface area contributed by atoms with Gasteiger partial charge in [-0.3, -0.25) is 10.00 Å². The van der Waals surface area contributed by atoms with Crippen LogP contribution in [0.2, 0.25) is 0 Å². The van der Waals surface area contributed by atoms with E-state index in [0.717, 1.165) is 44.9 Å². The van der Waals surface area contributed by atoms with Crippen molar-refractivity contribution in [3.05, 3.63) is 59.5 Å². The Kier molecular flexibility index (Phi) is 6.00. The van der Waals surface area contributed by atoms with Crippen molar-refractivity contribution in [1.82, 2.24) is 29.7 Å². The Balaban J connectivity index is 1.68. The first-order chi connectivity index (χ1) is 15.5. The van der Waals surface area contributed by atoms with Crippen molar-refractivity contribution >= 4 is 5.65 Å². The number of H-pyrrole nitrogens is 1. The second kappa shape index (κ2) is 8.62. The molecule has 1 unspecified atom stereocenters. The van der Waals surface area contributed by atoms with E-state index in [2.05, 4.69) is 40.2 Å². The minimum atomic E-state index is -4.23. The molecule has 0 aliphatic carbocycles. The number of aromatic amines is 1. The zero-order valence-corrected chi connectivity index (χ0v) is 19.3. The molecule has 174 valence electrons. The van der Waals surface area contributed by atoms with Crippen molar-refractivity contribution in [2.45, 2.75) is 45.8 Å². The molecule has 0 saturated heterocycles. The number of pyridine rings is 1. The van der Waals surface area contributed by atoms with E-state index < -0.39 is 12.7 Å². The van der Waals surface area contributed by atoms with Crippen LogP contribution in [0, 0.1) is 6.92 Å². The summed E-state index contributed by atoms with van der Waals surface area (Å²) in [6.07, 6.45) is -0.767. The summed E-state index contributed by atoms with van der Waals surface area (Å²) < 4.78 is 40.0. The Labute approximate surface area is 190 Å². The second-order valence-corrected chi connectivity index (χ2v) is 8.78. The lowest BCUT2D eigenvalue weighted by Crippen LogP contribution is -2.33. The molecule has 1 aromatic carbocycles. The summed E-state index contributed by atoms with van der Waals surface area (Å²) in [5, 5.41) is 12.1. The molecule has 0 fully saturated rings. The molecule has 4 aromatic rings. The number of nitrogens with zero attached hydrogens (tertiary/aromatic N) is 5. The first kappa shape index (κ1) is 23.0. The van der Waals surface area contributed by atoms with Crippen LogP contribution in [-0.4, -0.2) is 49.5 Å². The maximum absolute atomic E-state index is 12.8. The third-order valence-electron chi connectivity index (χ3n) is 5.99. The molecule has 0 amide bonds. The van der Waals surface area contributed by atoms with Crippen LogP contribution in [-0.2, 0) is 0 Å². The van der Waals surface area contributed by atoms with Crippen molar-refractivity contribution in [1.29, 1.82) is 0 Å². The van der Waals surface area contributed by atoms with E-state index in [4.69, 9.17) is 0 Å². The van der Waals surface area contributed by atoms with Gasteiger partial charge in [-0.05, 0) is 44.0 Å². The zero-order chi connectivity index (χ0) is 23.9. The van der Waals surface area contributed by atoms with Gasteiger partial charge in [0.2, 0.25) is 0 Å². The number of aryl methyl sites for hydroxylation is 1. The number of nitrogens with one attached hydrogen (secondary N) is 1. The van der Waals surface area contributed by atoms with Gasteiger partial charge in [0.25, 0.3) is 0 Å². The highest BCUT2D eigenvalue weighted by Crippen LogP contribution is 2.36. The smallest absolute Gasteiger partial charge is 0.291 e. The fourth-order valence-corrected chi connectivity index (χ4v) is 4.18. The lowest BCUT2D eigenvalue weighted by atomic mass is 9.93. The van der Waals surface area contributed by atoms with Crippen LogP contribution in [0.25, 0.3) is 28.2 Å². The van der Waals surface area contributed by atoms with Crippen molar-refractivity contribution in [2.24, 2.45) is 0 Å². The van der Waals surface area contributed by atoms with Crippen molar-refractivity contribution in [3.8, 4) is 22.5 Å². The van der Waals surface area contributed by atoms with Crippen LogP contribution in [0.1, 0.15) is 49.4 Å². The predicted molar refractivity (Wildman–Crippen MR) is 122 cm³/mol. The fourth-order valence-electron chi connectivity index (χ4n) is 4.18. The van der Waals surface area contributed by atoms with Crippen LogP contribution in [0.3, 0.4) is 0 Å². The quantitative estimate of drug-likeness (QED) is 0.400. The molecular weight excluding hydrogens is 429 g/mol. The number of alkyl halides is 3. The molecule has 9 heteroatoms. The summed E-state index contributed by atoms with van der Waals surface area (Å²) >= 11 is 0. The molecule has 0 radical (unpaired) electrons. The Morgan fingerprint density at radius 2 is 1.79 bits per heavy atom. The van der Waals surface area contributed by atoms with Crippen LogP contribution < -0.4 is 0 Å². The molecular formula is C24H27F3N6. The molecule has 0 spiro atoms. The minimum Gasteiger partial charge on any atom is -0.291 e. The minimum absolute atomic E-state index is 0.192. The van der Waals surface area contributed by atoms with Gasteiger partial charge in [-0.1, -0.05) is 38.1 Å². The largest absolute Gasteiger partial charge is 0.401 e. The lowest BCUT2D eigenvalue weighted by molar-refractivity contribution is -0.147. The summed E-state index contributed by atoms with van der Waals surface area (Å²) in [5.74, 6) is 0.192. The first-order valence-electron chi connectivity index (χ1n) is 10.8. The van der Waals surface area contributed by atoms with Crippen molar-refractivity contribution in [3.63, 3.8) is 0 Å². The van der Waals surface area contributed by atoms with Crippen molar-refractivity contribution in [2.75, 3.05) is 13.6 Å². The van der Waals surface area contributed by atoms with Gasteiger partial charge in [0, 0.05) is 28.9 Å². The summed E-state index contributed by atoms with van der Waals surface area (Å²) in [7, 11) is 1.48. The van der Waals surface area contributed by atoms with E-state index in [9.17, 15) is 13.2 Å². The molecule has 4 rings (SSSR count). The van der Waals surface area contributed by atoms with Gasteiger partial charge in [-0.15, -0.1) is 0 Å². The van der Waals surface area contributed by atoms with E-state index in [-0.39, 0.29) is 12.0 Å². The van der Waals surface area contributed by atoms with E-state index in [1.54, 1.807) is 11.4 Å². The average Bonchev–Trinajstić information content (AvgIpc) is 3.39. The normalized spacial score (nSPS) is 13.4. The number of fused-ring (bicyclic) bond motifs is 1. The van der Waals surface area contributed by atoms with Crippen LogP contribution in [0.5, 0.6) is 0 Å². The third kappa shape index (κ3) is 4.64. The molecule has 6 nitrogen and oxygen atoms in total. The SMILES string of the molecule is Cc1cc(-c2[nH]nc(-c3ccc(C(C)N(C)CC(F)(F)F)cc3)c2C(C)C)cn2ncnc12. The second-order valence-electron chi connectivity index (χ2n) is 8.78. The molecule has 33 heavy (non-hydrogen) atoms. The molecule has 0 aliphatic rings. The lowest BCUT2D eigenvalue weighted by Gasteiger charge is -2.26. The standard InChI is InChI=1S/C24H27F3N6/c1-14(2)20-21(18-8-6-17(7-9-18)16(4)32(5)12-24(25,26)27)30-31-22(20)19-10-15(3)23-28-13-29-33(23)11-19/h6-11,13-14,16H,12H2,1-5H3,(H,30,31). The highest BCUT2D eigenvalue weighted by Gasteiger charge is 2.31. The van der Waals surface area contributed by atoms with Gasteiger partial charge in [0.15, 0.2) is 5.65 Å². The van der Waals surface area contributed by atoms with E-state index in [0.29, 0.717) is 0 Å². The van der Waals surface area contributed by atoms with Crippen LogP contribution in [0.4, 0.5) is 13.2 Å². The van der Waals surface area contributed by atoms with Crippen LogP contribution >= 0.6 is 0 Å². The summed E-state index contributed by atoms with van der Waals surface area (Å²) in [6.45, 7) is 7.04. The Hall–Kier alpha value is -3.20. The van der Waals surface area contributed by atoms with Gasteiger partial charge in [-0.2, -0.15) is 23.4 Å². The number of rotatable bonds is 6. The van der Waals surface area contributed by atoms with Gasteiger partial charge in [-0.25, -0.2) is 9.50 Å². The van der Waals surface area contributed by atoms with E-state index in [1.165, 1.54) is 18.3 Å². The summed E-state index contributed by atoms with van der Waals surface area (Å²) in [6, 6.07) is 9.29. The fraction of sp³-hybridized carbons (Fsp3) is 0.375. The maximum atomic E-state index is 12.8. The average molecular weight is 457 g/mol. The molecule has 3 aromatic heterocycles. The summed E-state index contributed by atoms with van der Waals surface area (Å²) in [5.41, 5.74) is 7.34. The predicted octanol–water partition coefficient (Wildman–Crippen LogP) is 5.77. The number of hydrogen-bond donors (Lipinski definition) is 1. The number of benzene rings is 1. The van der Waals surface area contributed by atoms with Crippen molar-refractivity contribution < 1.29 is 13.2 Å². The van der Waals surface area contributed by atoms with Crippen LogP contribution in [0.15, 0.2) is 42.9 Å². The molecule has 0 aliphatic heterocycles.